The van der Waals surface area contributed by atoms with E-state index in [4.69, 9.17) is 0 Å². The first-order valence-corrected chi connectivity index (χ1v) is 15.1. The summed E-state index contributed by atoms with van der Waals surface area (Å²) in [6, 6.07) is 24.3. The van der Waals surface area contributed by atoms with Crippen LogP contribution in [0.15, 0.2) is 83.8 Å². The van der Waals surface area contributed by atoms with Crippen molar-refractivity contribution < 1.29 is 18.3 Å². The zero-order valence-corrected chi connectivity index (χ0v) is 24.4. The number of nitrogens with zero attached hydrogens (tertiary/aromatic N) is 2. The normalized spacial score (nSPS) is 18.3. The van der Waals surface area contributed by atoms with Crippen LogP contribution < -0.4 is 4.31 Å². The van der Waals surface area contributed by atoms with Gasteiger partial charge in [0.25, 0.3) is 10.0 Å². The number of benzene rings is 3. The van der Waals surface area contributed by atoms with E-state index in [1.807, 2.05) is 69.3 Å². The van der Waals surface area contributed by atoms with E-state index >= 15 is 0 Å². The van der Waals surface area contributed by atoms with E-state index in [1.54, 1.807) is 28.6 Å². The van der Waals surface area contributed by atoms with Crippen LogP contribution in [0, 0.1) is 11.3 Å². The van der Waals surface area contributed by atoms with Crippen LogP contribution in [0.1, 0.15) is 58.9 Å². The van der Waals surface area contributed by atoms with Gasteiger partial charge < -0.3 is 10.0 Å². The fourth-order valence-corrected chi connectivity index (χ4v) is 7.09. The first kappa shape index (κ1) is 28.7. The number of piperidine rings is 1. The molecule has 2 atom stereocenters. The second-order valence-electron chi connectivity index (χ2n) is 11.9. The summed E-state index contributed by atoms with van der Waals surface area (Å²) in [6.45, 7) is 11.1. The molecular formula is C32H40N2O4S. The van der Waals surface area contributed by atoms with Gasteiger partial charge in [0.15, 0.2) is 0 Å². The predicted molar refractivity (Wildman–Crippen MR) is 158 cm³/mol. The fourth-order valence-electron chi connectivity index (χ4n) is 5.51. The van der Waals surface area contributed by atoms with E-state index in [-0.39, 0.29) is 34.7 Å². The van der Waals surface area contributed by atoms with Gasteiger partial charge in [-0.2, -0.15) is 0 Å². The van der Waals surface area contributed by atoms with Crippen molar-refractivity contribution in [3.63, 3.8) is 0 Å². The summed E-state index contributed by atoms with van der Waals surface area (Å²) in [5, 5.41) is 9.85. The molecule has 6 nitrogen and oxygen atoms in total. The molecule has 39 heavy (non-hydrogen) atoms. The van der Waals surface area contributed by atoms with Gasteiger partial charge >= 0.3 is 6.09 Å². The van der Waals surface area contributed by atoms with Crippen molar-refractivity contribution in [3.8, 4) is 11.1 Å². The van der Waals surface area contributed by atoms with Crippen LogP contribution in [0.5, 0.6) is 0 Å². The lowest BCUT2D eigenvalue weighted by Gasteiger charge is -2.45. The molecule has 3 aromatic carbocycles. The standard InChI is InChI=1S/C32H40N2O4S/c1-23(2)26-16-17-29(28(21-26)25-12-8-6-9-13-25)34(39(37,38)27-14-10-7-11-15-27)22-24-18-19-33(31(35)36)30(20-24)32(3,4)5/h6-17,21,23-24,30H,18-20,22H2,1-5H3,(H,35,36). The van der Waals surface area contributed by atoms with Gasteiger partial charge in [-0.15, -0.1) is 0 Å². The van der Waals surface area contributed by atoms with Crippen molar-refractivity contribution >= 4 is 21.8 Å². The van der Waals surface area contributed by atoms with Crippen LogP contribution in [0.3, 0.4) is 0 Å². The molecule has 0 bridgehead atoms. The number of amides is 1. The largest absolute Gasteiger partial charge is 0.465 e. The van der Waals surface area contributed by atoms with Crippen LogP contribution in [0.25, 0.3) is 11.1 Å². The molecule has 4 rings (SSSR count). The summed E-state index contributed by atoms with van der Waals surface area (Å²) in [5.74, 6) is 0.283. The average molecular weight is 549 g/mol. The molecule has 3 aromatic rings. The van der Waals surface area contributed by atoms with E-state index in [9.17, 15) is 18.3 Å². The van der Waals surface area contributed by atoms with Crippen LogP contribution >= 0.6 is 0 Å². The number of carbonyl (C=O) groups is 1. The quantitative estimate of drug-likeness (QED) is 0.332. The lowest BCUT2D eigenvalue weighted by atomic mass is 9.77. The second kappa shape index (κ2) is 11.4. The SMILES string of the molecule is CC(C)c1ccc(N(CC2CCN(C(=O)O)C(C(C)(C)C)C2)S(=O)(=O)c2ccccc2)c(-c2ccccc2)c1. The van der Waals surface area contributed by atoms with Crippen LogP contribution in [0.4, 0.5) is 10.5 Å². The summed E-state index contributed by atoms with van der Waals surface area (Å²) in [5.41, 5.74) is 3.33. The Morgan fingerprint density at radius 2 is 1.62 bits per heavy atom. The van der Waals surface area contributed by atoms with Gasteiger partial charge in [0.2, 0.25) is 0 Å². The summed E-state index contributed by atoms with van der Waals surface area (Å²) in [6.07, 6.45) is 0.281. The van der Waals surface area contributed by atoms with Crippen LogP contribution in [-0.4, -0.2) is 43.6 Å². The summed E-state index contributed by atoms with van der Waals surface area (Å²) in [7, 11) is -3.90. The van der Waals surface area contributed by atoms with E-state index in [2.05, 4.69) is 19.9 Å². The first-order valence-electron chi connectivity index (χ1n) is 13.7. The van der Waals surface area contributed by atoms with Crippen molar-refractivity contribution in [1.29, 1.82) is 0 Å². The third-order valence-electron chi connectivity index (χ3n) is 7.75. The maximum Gasteiger partial charge on any atom is 0.407 e. The zero-order valence-electron chi connectivity index (χ0n) is 23.5. The minimum atomic E-state index is -3.90. The highest BCUT2D eigenvalue weighted by molar-refractivity contribution is 7.92. The van der Waals surface area contributed by atoms with Crippen LogP contribution in [0.2, 0.25) is 0 Å². The van der Waals surface area contributed by atoms with Crippen LogP contribution in [-0.2, 0) is 10.0 Å². The lowest BCUT2D eigenvalue weighted by Crippen LogP contribution is -2.53. The summed E-state index contributed by atoms with van der Waals surface area (Å²) < 4.78 is 30.1. The molecule has 2 unspecified atom stereocenters. The third kappa shape index (κ3) is 6.30. The van der Waals surface area contributed by atoms with E-state index in [0.29, 0.717) is 25.1 Å². The maximum atomic E-state index is 14.3. The van der Waals surface area contributed by atoms with Crippen molar-refractivity contribution in [2.75, 3.05) is 17.4 Å². The Kier molecular flexibility index (Phi) is 8.40. The van der Waals surface area contributed by atoms with E-state index < -0.39 is 16.1 Å². The number of hydrogen-bond donors (Lipinski definition) is 1. The molecule has 1 fully saturated rings. The highest BCUT2D eigenvalue weighted by atomic mass is 32.2. The summed E-state index contributed by atoms with van der Waals surface area (Å²) >= 11 is 0. The zero-order chi connectivity index (χ0) is 28.4. The topological polar surface area (TPSA) is 77.9 Å². The monoisotopic (exact) mass is 548 g/mol. The number of sulfonamides is 1. The molecule has 208 valence electrons. The molecule has 0 radical (unpaired) electrons. The number of hydrogen-bond acceptors (Lipinski definition) is 3. The van der Waals surface area contributed by atoms with Crippen molar-refractivity contribution in [3.05, 3.63) is 84.4 Å². The molecule has 0 saturated carbocycles. The second-order valence-corrected chi connectivity index (χ2v) is 13.8. The van der Waals surface area contributed by atoms with Gasteiger partial charge in [0, 0.05) is 24.7 Å². The molecule has 1 N–H and O–H groups in total. The Labute approximate surface area is 233 Å². The first-order chi connectivity index (χ1) is 18.4. The number of anilines is 1. The number of rotatable bonds is 7. The van der Waals surface area contributed by atoms with Gasteiger partial charge in [-0.05, 0) is 65.5 Å². The predicted octanol–water partition coefficient (Wildman–Crippen LogP) is 7.48. The van der Waals surface area contributed by atoms with Crippen molar-refractivity contribution in [1.82, 2.24) is 4.90 Å². The highest BCUT2D eigenvalue weighted by Gasteiger charge is 2.40. The summed E-state index contributed by atoms with van der Waals surface area (Å²) in [4.78, 5) is 13.8. The Morgan fingerprint density at radius 3 is 2.18 bits per heavy atom. The molecule has 0 aromatic heterocycles. The Hall–Kier alpha value is -3.32. The van der Waals surface area contributed by atoms with E-state index in [1.165, 1.54) is 4.90 Å². The third-order valence-corrected chi connectivity index (χ3v) is 9.55. The van der Waals surface area contributed by atoms with Gasteiger partial charge in [0.1, 0.15) is 0 Å². The maximum absolute atomic E-state index is 14.3. The molecule has 1 heterocycles. The molecule has 0 spiro atoms. The highest BCUT2D eigenvalue weighted by Crippen LogP contribution is 2.40. The Bertz CT molecular complexity index is 1380. The molecule has 1 aliphatic heterocycles. The Morgan fingerprint density at radius 1 is 1.00 bits per heavy atom. The van der Waals surface area contributed by atoms with Crippen molar-refractivity contribution in [2.45, 2.75) is 64.3 Å². The minimum Gasteiger partial charge on any atom is -0.465 e. The molecule has 1 saturated heterocycles. The molecule has 1 aliphatic rings. The van der Waals surface area contributed by atoms with Gasteiger partial charge in [-0.1, -0.05) is 89.2 Å². The number of carboxylic acid groups (broad SMARTS) is 1. The fraction of sp³-hybridized carbons (Fsp3) is 0.406. The van der Waals surface area contributed by atoms with Crippen molar-refractivity contribution in [2.24, 2.45) is 11.3 Å². The van der Waals surface area contributed by atoms with Gasteiger partial charge in [-0.25, -0.2) is 13.2 Å². The lowest BCUT2D eigenvalue weighted by molar-refractivity contribution is 0.0423. The van der Waals surface area contributed by atoms with Gasteiger partial charge in [0.05, 0.1) is 10.6 Å². The molecule has 0 aliphatic carbocycles. The smallest absolute Gasteiger partial charge is 0.407 e. The minimum absolute atomic E-state index is 0.00305. The molecular weight excluding hydrogens is 508 g/mol. The molecule has 7 heteroatoms. The van der Waals surface area contributed by atoms with E-state index in [0.717, 1.165) is 16.7 Å². The molecule has 1 amide bonds. The number of likely N-dealkylation sites (tertiary alicyclic amines) is 1. The average Bonchev–Trinajstić information content (AvgIpc) is 2.91. The Balaban J connectivity index is 1.83. The van der Waals surface area contributed by atoms with Gasteiger partial charge in [-0.3, -0.25) is 4.31 Å².